The molecule has 0 aromatic rings. The summed E-state index contributed by atoms with van der Waals surface area (Å²) in [7, 11) is 0. The van der Waals surface area contributed by atoms with Gasteiger partial charge in [-0.15, -0.1) is 0 Å². The van der Waals surface area contributed by atoms with E-state index in [1.807, 2.05) is 0 Å². The summed E-state index contributed by atoms with van der Waals surface area (Å²) in [4.78, 5) is 16.8. The number of ether oxygens (including phenoxy) is 1. The molecular weight excluding hydrogens is 310 g/mol. The summed E-state index contributed by atoms with van der Waals surface area (Å²) in [6.45, 7) is 9.47. The number of hydrogen-bond acceptors (Lipinski definition) is 3. The molecule has 5 rings (SSSR count). The third-order valence-electron chi connectivity index (χ3n) is 8.97. The maximum Gasteiger partial charge on any atom is 0.303 e. The standard InChI is InChI=1S/C22H31NO2/c1-14-16-5-6-18-21(11-16,19(14)25-15(2)24)10-7-17-20(3)8-4-9-22(17,18)13-23-12-20/h13,16-19H,1,4-12H2,2-3H3/t16?,17-,18-,19-,20+,21-,22+/m1/s1. The molecule has 0 aromatic carbocycles. The highest BCUT2D eigenvalue weighted by Gasteiger charge is 2.69. The lowest BCUT2D eigenvalue weighted by atomic mass is 9.39. The summed E-state index contributed by atoms with van der Waals surface area (Å²) in [5.74, 6) is 1.80. The van der Waals surface area contributed by atoms with Gasteiger partial charge in [0, 0.05) is 30.5 Å². The molecule has 0 amide bonds. The molecule has 3 heteroatoms. The average molecular weight is 341 g/mol. The number of nitrogens with zero attached hydrogens (tertiary/aromatic N) is 1. The second-order valence-electron chi connectivity index (χ2n) is 10.0. The Labute approximate surface area is 151 Å². The molecule has 4 fully saturated rings. The first kappa shape index (κ1) is 16.1. The Morgan fingerprint density at radius 1 is 1.24 bits per heavy atom. The first-order valence-electron chi connectivity index (χ1n) is 10.3. The molecule has 0 aromatic heterocycles. The molecule has 1 aliphatic heterocycles. The van der Waals surface area contributed by atoms with Crippen molar-refractivity contribution >= 4 is 12.2 Å². The summed E-state index contributed by atoms with van der Waals surface area (Å²) >= 11 is 0. The minimum atomic E-state index is -0.141. The van der Waals surface area contributed by atoms with Crippen LogP contribution in [0, 0.1) is 34.0 Å². The van der Waals surface area contributed by atoms with Gasteiger partial charge in [0.05, 0.1) is 0 Å². The van der Waals surface area contributed by atoms with E-state index in [9.17, 15) is 4.79 Å². The molecule has 1 heterocycles. The van der Waals surface area contributed by atoms with E-state index in [0.29, 0.717) is 17.3 Å². The van der Waals surface area contributed by atoms with Crippen molar-refractivity contribution in [2.45, 2.75) is 71.3 Å². The molecule has 25 heavy (non-hydrogen) atoms. The molecule has 0 radical (unpaired) electrons. The lowest BCUT2D eigenvalue weighted by Gasteiger charge is -2.65. The van der Waals surface area contributed by atoms with Gasteiger partial charge < -0.3 is 4.74 Å². The van der Waals surface area contributed by atoms with E-state index in [1.165, 1.54) is 56.9 Å². The molecule has 0 N–H and O–H groups in total. The van der Waals surface area contributed by atoms with Crippen molar-refractivity contribution in [3.05, 3.63) is 12.2 Å². The molecule has 0 saturated heterocycles. The minimum Gasteiger partial charge on any atom is -0.457 e. The highest BCUT2D eigenvalue weighted by Crippen LogP contribution is 2.72. The Balaban J connectivity index is 1.62. The second kappa shape index (κ2) is 4.98. The number of rotatable bonds is 1. The van der Waals surface area contributed by atoms with Crippen LogP contribution < -0.4 is 0 Å². The van der Waals surface area contributed by atoms with Gasteiger partial charge in [0.1, 0.15) is 6.10 Å². The fourth-order valence-electron chi connectivity index (χ4n) is 8.22. The van der Waals surface area contributed by atoms with Crippen LogP contribution >= 0.6 is 0 Å². The van der Waals surface area contributed by atoms with E-state index in [-0.39, 0.29) is 22.9 Å². The van der Waals surface area contributed by atoms with Crippen molar-refractivity contribution in [3.63, 3.8) is 0 Å². The van der Waals surface area contributed by atoms with Crippen LogP contribution in [0.2, 0.25) is 0 Å². The maximum atomic E-state index is 11.9. The van der Waals surface area contributed by atoms with Crippen LogP contribution in [0.1, 0.15) is 65.2 Å². The second-order valence-corrected chi connectivity index (χ2v) is 10.0. The van der Waals surface area contributed by atoms with Crippen LogP contribution in [0.25, 0.3) is 0 Å². The normalized spacial score (nSPS) is 53.1. The fourth-order valence-corrected chi connectivity index (χ4v) is 8.22. The summed E-state index contributed by atoms with van der Waals surface area (Å²) < 4.78 is 5.95. The monoisotopic (exact) mass is 341 g/mol. The zero-order chi connectivity index (χ0) is 17.4. The van der Waals surface area contributed by atoms with Crippen LogP contribution in [0.4, 0.5) is 0 Å². The number of carbonyl (C=O) groups is 1. The lowest BCUT2D eigenvalue weighted by molar-refractivity contribution is -0.172. The van der Waals surface area contributed by atoms with Gasteiger partial charge in [-0.3, -0.25) is 9.79 Å². The molecule has 3 nitrogen and oxygen atoms in total. The molecule has 4 saturated carbocycles. The summed E-state index contributed by atoms with van der Waals surface area (Å²) in [5.41, 5.74) is 1.97. The molecule has 7 atom stereocenters. The predicted molar refractivity (Wildman–Crippen MR) is 98.4 cm³/mol. The van der Waals surface area contributed by atoms with Crippen molar-refractivity contribution in [2.24, 2.45) is 39.0 Å². The van der Waals surface area contributed by atoms with Gasteiger partial charge in [-0.25, -0.2) is 0 Å². The van der Waals surface area contributed by atoms with Gasteiger partial charge in [0.25, 0.3) is 0 Å². The molecule has 136 valence electrons. The number of aliphatic imine (C=N–C) groups is 1. The van der Waals surface area contributed by atoms with E-state index >= 15 is 0 Å². The highest BCUT2D eigenvalue weighted by atomic mass is 16.5. The summed E-state index contributed by atoms with van der Waals surface area (Å²) in [5, 5.41) is 0. The first-order chi connectivity index (χ1) is 11.9. The Bertz CT molecular complexity index is 669. The summed E-state index contributed by atoms with van der Waals surface area (Å²) in [6, 6.07) is 0. The molecule has 5 aliphatic rings. The number of fused-ring (bicyclic) bond motifs is 1. The number of carbonyl (C=O) groups excluding carboxylic acids is 1. The maximum absolute atomic E-state index is 11.9. The average Bonchev–Trinajstić information content (AvgIpc) is 2.74. The molecule has 1 unspecified atom stereocenters. The van der Waals surface area contributed by atoms with Crippen LogP contribution in [-0.4, -0.2) is 24.8 Å². The minimum absolute atomic E-state index is 0.0543. The van der Waals surface area contributed by atoms with Gasteiger partial charge in [-0.05, 0) is 73.7 Å². The van der Waals surface area contributed by atoms with Crippen molar-refractivity contribution in [1.29, 1.82) is 0 Å². The summed E-state index contributed by atoms with van der Waals surface area (Å²) in [6.07, 6.45) is 12.4. The van der Waals surface area contributed by atoms with Crippen molar-refractivity contribution in [3.8, 4) is 0 Å². The first-order valence-corrected chi connectivity index (χ1v) is 10.3. The Morgan fingerprint density at radius 3 is 2.88 bits per heavy atom. The van der Waals surface area contributed by atoms with Crippen LogP contribution in [0.15, 0.2) is 17.1 Å². The van der Waals surface area contributed by atoms with Gasteiger partial charge in [-0.1, -0.05) is 19.9 Å². The van der Waals surface area contributed by atoms with E-state index in [1.54, 1.807) is 6.92 Å². The molecular formula is C22H31NO2. The lowest BCUT2D eigenvalue weighted by Crippen LogP contribution is -2.62. The van der Waals surface area contributed by atoms with Crippen LogP contribution in [-0.2, 0) is 9.53 Å². The third-order valence-corrected chi connectivity index (χ3v) is 8.97. The van der Waals surface area contributed by atoms with E-state index in [2.05, 4.69) is 19.7 Å². The van der Waals surface area contributed by atoms with Gasteiger partial charge in [-0.2, -0.15) is 0 Å². The zero-order valence-electron chi connectivity index (χ0n) is 15.7. The SMILES string of the molecule is C=C1C2CC[C@H]3[C@]45C=NC[C@](C)(CCC4)[C@H]5CC[C@]3(C2)[C@@H]1OC(C)=O. The van der Waals surface area contributed by atoms with Crippen LogP contribution in [0.3, 0.4) is 0 Å². The van der Waals surface area contributed by atoms with Crippen LogP contribution in [0.5, 0.6) is 0 Å². The quantitative estimate of drug-likeness (QED) is 0.518. The van der Waals surface area contributed by atoms with Crippen molar-refractivity contribution in [2.75, 3.05) is 6.54 Å². The molecule has 4 aliphatic carbocycles. The van der Waals surface area contributed by atoms with E-state index in [4.69, 9.17) is 9.73 Å². The topological polar surface area (TPSA) is 38.7 Å². The van der Waals surface area contributed by atoms with Crippen molar-refractivity contribution in [1.82, 2.24) is 0 Å². The molecule has 1 spiro atoms. The third kappa shape index (κ3) is 1.88. The Morgan fingerprint density at radius 2 is 2.08 bits per heavy atom. The van der Waals surface area contributed by atoms with E-state index in [0.717, 1.165) is 12.5 Å². The Hall–Kier alpha value is -1.12. The fraction of sp³-hybridized carbons (Fsp3) is 0.818. The Kier molecular flexibility index (Phi) is 3.21. The van der Waals surface area contributed by atoms with Gasteiger partial charge in [0.15, 0.2) is 0 Å². The van der Waals surface area contributed by atoms with Crippen molar-refractivity contribution < 1.29 is 9.53 Å². The largest absolute Gasteiger partial charge is 0.457 e. The number of esters is 1. The van der Waals surface area contributed by atoms with Gasteiger partial charge >= 0.3 is 5.97 Å². The van der Waals surface area contributed by atoms with Gasteiger partial charge in [0.2, 0.25) is 0 Å². The number of hydrogen-bond donors (Lipinski definition) is 0. The predicted octanol–water partition coefficient (Wildman–Crippen LogP) is 4.56. The molecule has 4 bridgehead atoms. The highest BCUT2D eigenvalue weighted by molar-refractivity contribution is 5.70. The zero-order valence-corrected chi connectivity index (χ0v) is 15.7. The smallest absolute Gasteiger partial charge is 0.303 e. The van der Waals surface area contributed by atoms with E-state index < -0.39 is 0 Å².